The average molecular weight is 203 g/mol. The van der Waals surface area contributed by atoms with Crippen LogP contribution in [0.3, 0.4) is 0 Å². The van der Waals surface area contributed by atoms with Gasteiger partial charge in [-0.1, -0.05) is 23.2 Å². The Morgan fingerprint density at radius 1 is 1.42 bits per heavy atom. The molecule has 0 heterocycles. The first-order valence-corrected chi connectivity index (χ1v) is 4.73. The van der Waals surface area contributed by atoms with E-state index in [4.69, 9.17) is 23.2 Å². The van der Waals surface area contributed by atoms with Crippen molar-refractivity contribution in [2.45, 2.75) is 19.3 Å². The molecule has 3 heteroatoms. The second-order valence-corrected chi connectivity index (χ2v) is 4.11. The third-order valence-corrected chi connectivity index (χ3v) is 2.99. The summed E-state index contributed by atoms with van der Waals surface area (Å²) in [6.45, 7) is 0. The lowest BCUT2D eigenvalue weighted by Gasteiger charge is -2.15. The molecule has 12 heavy (non-hydrogen) atoms. The second kappa shape index (κ2) is 2.90. The predicted molar refractivity (Wildman–Crippen MR) is 49.2 cm³/mol. The van der Waals surface area contributed by atoms with Crippen molar-refractivity contribution in [3.05, 3.63) is 21.7 Å². The summed E-state index contributed by atoms with van der Waals surface area (Å²) in [5.74, 6) is 0.493. The van der Waals surface area contributed by atoms with E-state index >= 15 is 0 Å². The highest BCUT2D eigenvalue weighted by atomic mass is 35.5. The van der Waals surface area contributed by atoms with Crippen molar-refractivity contribution in [2.24, 2.45) is 5.92 Å². The molecule has 1 atom stereocenters. The monoisotopic (exact) mass is 202 g/mol. The molecule has 2 rings (SSSR count). The summed E-state index contributed by atoms with van der Waals surface area (Å²) in [7, 11) is 0. The van der Waals surface area contributed by atoms with Gasteiger partial charge in [0.25, 0.3) is 0 Å². The zero-order chi connectivity index (χ0) is 8.72. The molecule has 0 radical (unpaired) electrons. The van der Waals surface area contributed by atoms with Gasteiger partial charge in [0.15, 0.2) is 5.78 Å². The van der Waals surface area contributed by atoms with Gasteiger partial charge in [0.1, 0.15) is 0 Å². The molecule has 0 saturated heterocycles. The van der Waals surface area contributed by atoms with E-state index < -0.39 is 0 Å². The average Bonchev–Trinajstić information content (AvgIpc) is 2.31. The molecular weight excluding hydrogens is 195 g/mol. The van der Waals surface area contributed by atoms with E-state index in [0.717, 1.165) is 23.4 Å². The number of carbonyl (C=O) groups excluding carboxylic acids is 1. The zero-order valence-corrected chi connectivity index (χ0v) is 7.95. The first-order valence-electron chi connectivity index (χ1n) is 3.97. The van der Waals surface area contributed by atoms with Gasteiger partial charge in [-0.2, -0.15) is 0 Å². The van der Waals surface area contributed by atoms with Crippen molar-refractivity contribution >= 4 is 29.0 Å². The summed E-state index contributed by atoms with van der Waals surface area (Å²) >= 11 is 11.8. The number of halogens is 2. The minimum atomic E-state index is 0.199. The summed E-state index contributed by atoms with van der Waals surface area (Å²) in [4.78, 5) is 11.3. The molecule has 0 aromatic heterocycles. The SMILES string of the molecule is O=C1CCC2CC(Cl)=CC(Cl)=C12. The highest BCUT2D eigenvalue weighted by Gasteiger charge is 2.33. The second-order valence-electron chi connectivity index (χ2n) is 3.22. The Morgan fingerprint density at radius 3 is 2.92 bits per heavy atom. The lowest BCUT2D eigenvalue weighted by Crippen LogP contribution is -2.07. The fraction of sp³-hybridized carbons (Fsp3) is 0.444. The molecule has 0 bridgehead atoms. The van der Waals surface area contributed by atoms with Crippen molar-refractivity contribution in [2.75, 3.05) is 0 Å². The van der Waals surface area contributed by atoms with E-state index in [1.54, 1.807) is 6.08 Å². The zero-order valence-electron chi connectivity index (χ0n) is 6.44. The van der Waals surface area contributed by atoms with E-state index in [0.29, 0.717) is 17.4 Å². The largest absolute Gasteiger partial charge is 0.294 e. The van der Waals surface area contributed by atoms with E-state index in [9.17, 15) is 4.79 Å². The van der Waals surface area contributed by atoms with Gasteiger partial charge in [-0.3, -0.25) is 4.79 Å². The summed E-state index contributed by atoms with van der Waals surface area (Å²) in [6, 6.07) is 0. The third kappa shape index (κ3) is 1.21. The molecule has 0 aromatic carbocycles. The highest BCUT2D eigenvalue weighted by molar-refractivity contribution is 6.37. The standard InChI is InChI=1S/C9H8Cl2O/c10-6-3-5-1-2-8(12)9(5)7(11)4-6/h4-5H,1-3H2. The molecule has 2 aliphatic carbocycles. The summed E-state index contributed by atoms with van der Waals surface area (Å²) < 4.78 is 0. The molecule has 2 aliphatic rings. The number of carbonyl (C=O) groups is 1. The Morgan fingerprint density at radius 2 is 2.17 bits per heavy atom. The van der Waals surface area contributed by atoms with Crippen LogP contribution in [0.2, 0.25) is 0 Å². The van der Waals surface area contributed by atoms with E-state index in [-0.39, 0.29) is 5.78 Å². The van der Waals surface area contributed by atoms with Crippen molar-refractivity contribution < 1.29 is 4.79 Å². The summed E-state index contributed by atoms with van der Waals surface area (Å²) in [5, 5.41) is 1.32. The minimum Gasteiger partial charge on any atom is -0.294 e. The molecule has 0 N–H and O–H groups in total. The number of fused-ring (bicyclic) bond motifs is 1. The summed E-state index contributed by atoms with van der Waals surface area (Å²) in [5.41, 5.74) is 0.807. The predicted octanol–water partition coefficient (Wildman–Crippen LogP) is 2.98. The lowest BCUT2D eigenvalue weighted by atomic mass is 9.94. The molecule has 64 valence electrons. The van der Waals surface area contributed by atoms with E-state index in [1.807, 2.05) is 0 Å². The van der Waals surface area contributed by atoms with Crippen molar-refractivity contribution in [1.29, 1.82) is 0 Å². The van der Waals surface area contributed by atoms with E-state index in [2.05, 4.69) is 0 Å². The normalized spacial score (nSPS) is 29.0. The van der Waals surface area contributed by atoms with Crippen LogP contribution in [0.1, 0.15) is 19.3 Å². The van der Waals surface area contributed by atoms with Crippen molar-refractivity contribution in [3.8, 4) is 0 Å². The van der Waals surface area contributed by atoms with Gasteiger partial charge in [-0.15, -0.1) is 0 Å². The quantitative estimate of drug-likeness (QED) is 0.591. The fourth-order valence-electron chi connectivity index (χ4n) is 1.85. The number of allylic oxidation sites excluding steroid dienone is 4. The van der Waals surface area contributed by atoms with Gasteiger partial charge < -0.3 is 0 Å². The van der Waals surface area contributed by atoms with Crippen LogP contribution in [0.5, 0.6) is 0 Å². The molecule has 1 saturated carbocycles. The van der Waals surface area contributed by atoms with Gasteiger partial charge >= 0.3 is 0 Å². The van der Waals surface area contributed by atoms with Gasteiger partial charge in [0.05, 0.1) is 0 Å². The molecule has 0 amide bonds. The molecule has 0 aromatic rings. The number of Topliss-reactive ketones (excluding diaryl/α,β-unsaturated/α-hetero) is 1. The van der Waals surface area contributed by atoms with Gasteiger partial charge in [0, 0.05) is 22.1 Å². The molecular formula is C9H8Cl2O. The number of hydrogen-bond donors (Lipinski definition) is 0. The first-order chi connectivity index (χ1) is 5.68. The van der Waals surface area contributed by atoms with Gasteiger partial charge in [-0.25, -0.2) is 0 Å². The van der Waals surface area contributed by atoms with Crippen molar-refractivity contribution in [1.82, 2.24) is 0 Å². The van der Waals surface area contributed by atoms with Crippen LogP contribution >= 0.6 is 23.2 Å². The third-order valence-electron chi connectivity index (χ3n) is 2.41. The number of hydrogen-bond acceptors (Lipinski definition) is 1. The smallest absolute Gasteiger partial charge is 0.160 e. The molecule has 1 fully saturated rings. The topological polar surface area (TPSA) is 17.1 Å². The Bertz CT molecular complexity index is 302. The molecule has 1 unspecified atom stereocenters. The Kier molecular flexibility index (Phi) is 2.01. The minimum absolute atomic E-state index is 0.199. The Balaban J connectivity index is 2.44. The maximum Gasteiger partial charge on any atom is 0.160 e. The lowest BCUT2D eigenvalue weighted by molar-refractivity contribution is -0.114. The van der Waals surface area contributed by atoms with Crippen LogP contribution < -0.4 is 0 Å². The Hall–Kier alpha value is -0.270. The van der Waals surface area contributed by atoms with Gasteiger partial charge in [-0.05, 0) is 24.8 Å². The fourth-order valence-corrected chi connectivity index (χ4v) is 2.60. The van der Waals surface area contributed by atoms with Crippen LogP contribution in [0.15, 0.2) is 21.7 Å². The molecule has 0 aliphatic heterocycles. The van der Waals surface area contributed by atoms with Crippen LogP contribution in [-0.4, -0.2) is 5.78 Å². The highest BCUT2D eigenvalue weighted by Crippen LogP contribution is 2.41. The van der Waals surface area contributed by atoms with Crippen LogP contribution in [0, 0.1) is 5.92 Å². The van der Waals surface area contributed by atoms with Crippen molar-refractivity contribution in [3.63, 3.8) is 0 Å². The molecule has 1 nitrogen and oxygen atoms in total. The number of ketones is 1. The van der Waals surface area contributed by atoms with Crippen LogP contribution in [-0.2, 0) is 4.79 Å². The maximum atomic E-state index is 11.3. The number of rotatable bonds is 0. The molecule has 0 spiro atoms. The Labute approximate surface area is 81.0 Å². The first kappa shape index (κ1) is 8.33. The van der Waals surface area contributed by atoms with Gasteiger partial charge in [0.2, 0.25) is 0 Å². The van der Waals surface area contributed by atoms with Crippen LogP contribution in [0.4, 0.5) is 0 Å². The van der Waals surface area contributed by atoms with Crippen LogP contribution in [0.25, 0.3) is 0 Å². The maximum absolute atomic E-state index is 11.3. The van der Waals surface area contributed by atoms with E-state index in [1.165, 1.54) is 0 Å². The summed E-state index contributed by atoms with van der Waals surface area (Å²) in [6.07, 6.45) is 4.03.